The molecule has 7 heteroatoms. The van der Waals surface area contributed by atoms with Gasteiger partial charge in [-0.25, -0.2) is 0 Å². The van der Waals surface area contributed by atoms with Gasteiger partial charge >= 0.3 is 0 Å². The molecule has 0 saturated carbocycles. The first-order valence-electron chi connectivity index (χ1n) is 10.2. The lowest BCUT2D eigenvalue weighted by atomic mass is 9.95. The number of aliphatic hydroxyl groups is 1. The van der Waals surface area contributed by atoms with Gasteiger partial charge in [0.25, 0.3) is 11.7 Å². The van der Waals surface area contributed by atoms with E-state index in [4.69, 9.17) is 9.47 Å². The predicted molar refractivity (Wildman–Crippen MR) is 130 cm³/mol. The number of carbonyl (C=O) groups excluding carboxylic acids is 2. The number of benzene rings is 3. The lowest BCUT2D eigenvalue weighted by Crippen LogP contribution is -2.30. The Hall–Kier alpha value is -3.58. The number of anilines is 1. The van der Waals surface area contributed by atoms with Gasteiger partial charge in [-0.15, -0.1) is 0 Å². The van der Waals surface area contributed by atoms with Gasteiger partial charge in [0.05, 0.1) is 30.3 Å². The molecular weight excluding hydrogens is 486 g/mol. The number of halogens is 1. The molecule has 0 aliphatic carbocycles. The maximum absolute atomic E-state index is 13.3. The molecule has 3 aromatic carbocycles. The number of hydrogen-bond donors (Lipinski definition) is 1. The van der Waals surface area contributed by atoms with Gasteiger partial charge < -0.3 is 14.6 Å². The van der Waals surface area contributed by atoms with Crippen LogP contribution in [0.3, 0.4) is 0 Å². The maximum Gasteiger partial charge on any atom is 0.300 e. The standard InChI is InChI=1S/C26H22BrNO5/c1-15-6-4-5-7-20(15)28-23(16-8-11-18(32-2)12-9-16)22(25(30)26(28)31)24(29)17-10-13-21(33-3)19(27)14-17/h4-14,23,29H,1-3H3/b24-22-. The van der Waals surface area contributed by atoms with Crippen LogP contribution in [0.4, 0.5) is 5.69 Å². The first-order chi connectivity index (χ1) is 15.9. The van der Waals surface area contributed by atoms with Crippen molar-refractivity contribution in [1.29, 1.82) is 0 Å². The summed E-state index contributed by atoms with van der Waals surface area (Å²) in [5, 5.41) is 11.3. The van der Waals surface area contributed by atoms with Gasteiger partial charge in [-0.2, -0.15) is 0 Å². The number of carbonyl (C=O) groups is 2. The lowest BCUT2D eigenvalue weighted by molar-refractivity contribution is -0.132. The van der Waals surface area contributed by atoms with Crippen molar-refractivity contribution in [2.24, 2.45) is 0 Å². The van der Waals surface area contributed by atoms with Crippen molar-refractivity contribution in [2.45, 2.75) is 13.0 Å². The number of ketones is 1. The molecule has 1 N–H and O–H groups in total. The third-order valence-corrected chi connectivity index (χ3v) is 6.30. The highest BCUT2D eigenvalue weighted by molar-refractivity contribution is 9.10. The molecule has 1 heterocycles. The predicted octanol–water partition coefficient (Wildman–Crippen LogP) is 5.40. The second kappa shape index (κ2) is 9.11. The van der Waals surface area contributed by atoms with Gasteiger partial charge in [0.15, 0.2) is 0 Å². The van der Waals surface area contributed by atoms with Crippen LogP contribution < -0.4 is 14.4 Å². The molecule has 1 atom stereocenters. The fourth-order valence-corrected chi connectivity index (χ4v) is 4.53. The number of Topliss-reactive ketones (excluding diaryl/α,β-unsaturated/α-hetero) is 1. The van der Waals surface area contributed by atoms with Crippen LogP contribution in [0.15, 0.2) is 76.8 Å². The Morgan fingerprint density at radius 3 is 2.27 bits per heavy atom. The molecule has 168 valence electrons. The number of ether oxygens (including phenoxy) is 2. The Kier molecular flexibility index (Phi) is 6.24. The van der Waals surface area contributed by atoms with Gasteiger partial charge in [-0.05, 0) is 70.4 Å². The molecule has 1 saturated heterocycles. The molecule has 6 nitrogen and oxygen atoms in total. The molecule has 0 radical (unpaired) electrons. The molecule has 1 aliphatic rings. The fraction of sp³-hybridized carbons (Fsp3) is 0.154. The zero-order valence-corrected chi connectivity index (χ0v) is 19.9. The van der Waals surface area contributed by atoms with Crippen LogP contribution in [0.2, 0.25) is 0 Å². The SMILES string of the molecule is COc1ccc(C2/C(=C(/O)c3ccc(OC)c(Br)c3)C(=O)C(=O)N2c2ccccc2C)cc1. The zero-order valence-electron chi connectivity index (χ0n) is 18.3. The molecule has 1 fully saturated rings. The summed E-state index contributed by atoms with van der Waals surface area (Å²) >= 11 is 3.41. The number of rotatable bonds is 5. The van der Waals surface area contributed by atoms with Gasteiger partial charge in [0, 0.05) is 11.3 Å². The first-order valence-corrected chi connectivity index (χ1v) is 11.0. The molecule has 1 amide bonds. The van der Waals surface area contributed by atoms with E-state index >= 15 is 0 Å². The molecule has 3 aromatic rings. The molecule has 4 rings (SSSR count). The zero-order chi connectivity index (χ0) is 23.7. The molecule has 0 bridgehead atoms. The normalized spacial score (nSPS) is 17.3. The minimum Gasteiger partial charge on any atom is -0.507 e. The number of aliphatic hydroxyl groups excluding tert-OH is 1. The van der Waals surface area contributed by atoms with E-state index in [1.54, 1.807) is 55.6 Å². The van der Waals surface area contributed by atoms with E-state index in [1.807, 2.05) is 25.1 Å². The average Bonchev–Trinajstić information content (AvgIpc) is 3.09. The first kappa shape index (κ1) is 22.6. The van der Waals surface area contributed by atoms with Crippen LogP contribution >= 0.6 is 15.9 Å². The number of aryl methyl sites for hydroxylation is 1. The third-order valence-electron chi connectivity index (χ3n) is 5.68. The summed E-state index contributed by atoms with van der Waals surface area (Å²) in [5.41, 5.74) is 2.53. The Bertz CT molecular complexity index is 1270. The van der Waals surface area contributed by atoms with Gasteiger partial charge in [0.1, 0.15) is 17.3 Å². The summed E-state index contributed by atoms with van der Waals surface area (Å²) in [6.07, 6.45) is 0. The van der Waals surface area contributed by atoms with E-state index in [-0.39, 0.29) is 11.3 Å². The monoisotopic (exact) mass is 507 g/mol. The minimum atomic E-state index is -0.808. The van der Waals surface area contributed by atoms with Gasteiger partial charge in [-0.3, -0.25) is 14.5 Å². The van der Waals surface area contributed by atoms with Gasteiger partial charge in [-0.1, -0.05) is 30.3 Å². The quantitative estimate of drug-likeness (QED) is 0.284. The van der Waals surface area contributed by atoms with Crippen molar-refractivity contribution in [3.05, 3.63) is 93.5 Å². The summed E-state index contributed by atoms with van der Waals surface area (Å²) < 4.78 is 11.1. The molecule has 1 aliphatic heterocycles. The number of methoxy groups -OCH3 is 2. The van der Waals surface area contributed by atoms with Crippen molar-refractivity contribution in [3.8, 4) is 11.5 Å². The second-order valence-electron chi connectivity index (χ2n) is 7.58. The van der Waals surface area contributed by atoms with Crippen LogP contribution in [0, 0.1) is 6.92 Å². The molecule has 0 aromatic heterocycles. The van der Waals surface area contributed by atoms with Crippen molar-refractivity contribution < 1.29 is 24.2 Å². The van der Waals surface area contributed by atoms with Crippen molar-refractivity contribution in [1.82, 2.24) is 0 Å². The van der Waals surface area contributed by atoms with E-state index in [1.165, 1.54) is 12.0 Å². The van der Waals surface area contributed by atoms with E-state index in [0.717, 1.165) is 5.56 Å². The summed E-state index contributed by atoms with van der Waals surface area (Å²) in [6, 6.07) is 18.6. The van der Waals surface area contributed by atoms with Crippen molar-refractivity contribution in [2.75, 3.05) is 19.1 Å². The van der Waals surface area contributed by atoms with E-state index in [0.29, 0.717) is 32.8 Å². The molecule has 1 unspecified atom stereocenters. The van der Waals surface area contributed by atoms with Crippen LogP contribution in [0.25, 0.3) is 5.76 Å². The van der Waals surface area contributed by atoms with E-state index in [9.17, 15) is 14.7 Å². The number of amides is 1. The Morgan fingerprint density at radius 1 is 0.970 bits per heavy atom. The molecule has 0 spiro atoms. The highest BCUT2D eigenvalue weighted by Crippen LogP contribution is 2.43. The third kappa shape index (κ3) is 4.00. The summed E-state index contributed by atoms with van der Waals surface area (Å²) in [6.45, 7) is 1.88. The van der Waals surface area contributed by atoms with Crippen LogP contribution in [-0.2, 0) is 9.59 Å². The Balaban J connectivity index is 1.94. The molecular formula is C26H22BrNO5. The second-order valence-corrected chi connectivity index (χ2v) is 8.43. The number of para-hydroxylation sites is 1. The van der Waals surface area contributed by atoms with E-state index < -0.39 is 17.7 Å². The number of nitrogens with zero attached hydrogens (tertiary/aromatic N) is 1. The summed E-state index contributed by atoms with van der Waals surface area (Å²) in [5.74, 6) is -0.472. The Labute approximate surface area is 200 Å². The lowest BCUT2D eigenvalue weighted by Gasteiger charge is -2.27. The minimum absolute atomic E-state index is 0.0190. The highest BCUT2D eigenvalue weighted by atomic mass is 79.9. The number of hydrogen-bond acceptors (Lipinski definition) is 5. The molecule has 33 heavy (non-hydrogen) atoms. The van der Waals surface area contributed by atoms with E-state index in [2.05, 4.69) is 15.9 Å². The average molecular weight is 508 g/mol. The maximum atomic E-state index is 13.3. The topological polar surface area (TPSA) is 76.1 Å². The highest BCUT2D eigenvalue weighted by Gasteiger charge is 2.47. The Morgan fingerprint density at radius 2 is 1.67 bits per heavy atom. The van der Waals surface area contributed by atoms with Gasteiger partial charge in [0.2, 0.25) is 0 Å². The van der Waals surface area contributed by atoms with Crippen LogP contribution in [0.5, 0.6) is 11.5 Å². The van der Waals surface area contributed by atoms with Crippen LogP contribution in [-0.4, -0.2) is 31.0 Å². The largest absolute Gasteiger partial charge is 0.507 e. The van der Waals surface area contributed by atoms with Crippen LogP contribution in [0.1, 0.15) is 22.7 Å². The fourth-order valence-electron chi connectivity index (χ4n) is 3.99. The van der Waals surface area contributed by atoms with Crippen molar-refractivity contribution >= 4 is 39.1 Å². The van der Waals surface area contributed by atoms with Crippen molar-refractivity contribution in [3.63, 3.8) is 0 Å². The smallest absolute Gasteiger partial charge is 0.300 e. The summed E-state index contributed by atoms with van der Waals surface area (Å²) in [7, 11) is 3.10. The summed E-state index contributed by atoms with van der Waals surface area (Å²) in [4.78, 5) is 28.0.